The summed E-state index contributed by atoms with van der Waals surface area (Å²) in [4.78, 5) is 30.8. The number of fused-ring (bicyclic) bond motifs is 1. The molecule has 0 radical (unpaired) electrons. The summed E-state index contributed by atoms with van der Waals surface area (Å²) in [5, 5.41) is 3.15. The van der Waals surface area contributed by atoms with Crippen LogP contribution in [0.3, 0.4) is 0 Å². The second kappa shape index (κ2) is 7.51. The second-order valence-corrected chi connectivity index (χ2v) is 6.62. The summed E-state index contributed by atoms with van der Waals surface area (Å²) in [6.45, 7) is 1.72. The van der Waals surface area contributed by atoms with Crippen molar-refractivity contribution in [2.45, 2.75) is 31.7 Å². The first-order chi connectivity index (χ1) is 12.8. The number of benzene rings is 1. The van der Waals surface area contributed by atoms with Crippen LogP contribution < -0.4 is 10.2 Å². The van der Waals surface area contributed by atoms with E-state index in [2.05, 4.69) is 30.2 Å². The maximum Gasteiger partial charge on any atom is 0.220 e. The third kappa shape index (κ3) is 3.82. The van der Waals surface area contributed by atoms with E-state index in [9.17, 15) is 4.79 Å². The zero-order chi connectivity index (χ0) is 17.8. The molecule has 0 spiro atoms. The van der Waals surface area contributed by atoms with Crippen molar-refractivity contribution in [1.29, 1.82) is 0 Å². The molecule has 1 aromatic carbocycles. The SMILES string of the molecule is O=C(CCc1nc2ccccc2[nH]1)N[C@@H]1CCCN(c2cnccn2)C1. The second-order valence-electron chi connectivity index (χ2n) is 6.62. The van der Waals surface area contributed by atoms with E-state index in [1.54, 1.807) is 18.6 Å². The van der Waals surface area contributed by atoms with E-state index in [4.69, 9.17) is 0 Å². The Labute approximate surface area is 151 Å². The number of amides is 1. The van der Waals surface area contributed by atoms with Crippen molar-refractivity contribution in [2.75, 3.05) is 18.0 Å². The van der Waals surface area contributed by atoms with Crippen LogP contribution in [-0.2, 0) is 11.2 Å². The van der Waals surface area contributed by atoms with Gasteiger partial charge in [-0.05, 0) is 25.0 Å². The molecular weight excluding hydrogens is 328 g/mol. The van der Waals surface area contributed by atoms with Crippen molar-refractivity contribution in [1.82, 2.24) is 25.3 Å². The minimum absolute atomic E-state index is 0.0662. The minimum atomic E-state index is 0.0662. The number of aromatic nitrogens is 4. The molecule has 2 aromatic heterocycles. The normalized spacial score (nSPS) is 17.4. The van der Waals surface area contributed by atoms with Gasteiger partial charge in [-0.25, -0.2) is 9.97 Å². The van der Waals surface area contributed by atoms with Crippen LogP contribution in [0.4, 0.5) is 5.82 Å². The number of piperidine rings is 1. The largest absolute Gasteiger partial charge is 0.353 e. The molecule has 7 nitrogen and oxygen atoms in total. The van der Waals surface area contributed by atoms with E-state index in [1.165, 1.54) is 0 Å². The Kier molecular flexibility index (Phi) is 4.77. The Morgan fingerprint density at radius 1 is 1.31 bits per heavy atom. The number of para-hydroxylation sites is 2. The highest BCUT2D eigenvalue weighted by Crippen LogP contribution is 2.17. The van der Waals surface area contributed by atoms with Crippen molar-refractivity contribution >= 4 is 22.8 Å². The highest BCUT2D eigenvalue weighted by Gasteiger charge is 2.22. The number of carbonyl (C=O) groups excluding carboxylic acids is 1. The molecule has 3 aromatic rings. The van der Waals surface area contributed by atoms with Gasteiger partial charge in [0.05, 0.1) is 17.2 Å². The number of H-pyrrole nitrogens is 1. The van der Waals surface area contributed by atoms with Gasteiger partial charge in [-0.1, -0.05) is 12.1 Å². The number of anilines is 1. The molecule has 1 aliphatic rings. The van der Waals surface area contributed by atoms with E-state index in [-0.39, 0.29) is 11.9 Å². The molecule has 0 saturated carbocycles. The number of aromatic amines is 1. The number of aryl methyl sites for hydroxylation is 1. The number of nitrogens with zero attached hydrogens (tertiary/aromatic N) is 4. The third-order valence-corrected chi connectivity index (χ3v) is 4.69. The van der Waals surface area contributed by atoms with Crippen molar-refractivity contribution in [3.8, 4) is 0 Å². The van der Waals surface area contributed by atoms with E-state index in [0.717, 1.165) is 48.6 Å². The first kappa shape index (κ1) is 16.5. The lowest BCUT2D eigenvalue weighted by atomic mass is 10.1. The van der Waals surface area contributed by atoms with Crippen LogP contribution in [0, 0.1) is 0 Å². The summed E-state index contributed by atoms with van der Waals surface area (Å²) in [6, 6.07) is 8.05. The molecule has 0 aliphatic carbocycles. The predicted molar refractivity (Wildman–Crippen MR) is 99.8 cm³/mol. The first-order valence-electron chi connectivity index (χ1n) is 9.02. The molecule has 1 aliphatic heterocycles. The molecule has 1 fully saturated rings. The molecule has 26 heavy (non-hydrogen) atoms. The Balaban J connectivity index is 1.30. The molecule has 0 bridgehead atoms. The van der Waals surface area contributed by atoms with E-state index in [1.807, 2.05) is 24.3 Å². The van der Waals surface area contributed by atoms with Gasteiger partial charge in [-0.3, -0.25) is 9.78 Å². The van der Waals surface area contributed by atoms with Crippen molar-refractivity contribution in [3.05, 3.63) is 48.7 Å². The maximum atomic E-state index is 12.3. The fraction of sp³-hybridized carbons (Fsp3) is 0.368. The monoisotopic (exact) mass is 350 g/mol. The third-order valence-electron chi connectivity index (χ3n) is 4.69. The molecule has 1 saturated heterocycles. The molecule has 2 N–H and O–H groups in total. The molecule has 3 heterocycles. The number of carbonyl (C=O) groups is 1. The molecule has 1 amide bonds. The Bertz CT molecular complexity index is 845. The average molecular weight is 350 g/mol. The van der Waals surface area contributed by atoms with Crippen LogP contribution in [-0.4, -0.2) is 45.0 Å². The van der Waals surface area contributed by atoms with Gasteiger partial charge in [-0.2, -0.15) is 0 Å². The fourth-order valence-electron chi connectivity index (χ4n) is 3.41. The Hall–Kier alpha value is -2.96. The van der Waals surface area contributed by atoms with Crippen molar-refractivity contribution in [2.24, 2.45) is 0 Å². The molecule has 4 rings (SSSR count). The molecule has 7 heteroatoms. The van der Waals surface area contributed by atoms with Crippen LogP contribution in [0.2, 0.25) is 0 Å². The summed E-state index contributed by atoms with van der Waals surface area (Å²) < 4.78 is 0. The van der Waals surface area contributed by atoms with Gasteiger partial charge in [0, 0.05) is 44.4 Å². The topological polar surface area (TPSA) is 86.8 Å². The van der Waals surface area contributed by atoms with Gasteiger partial charge in [0.2, 0.25) is 5.91 Å². The van der Waals surface area contributed by atoms with Crippen LogP contribution in [0.15, 0.2) is 42.9 Å². The minimum Gasteiger partial charge on any atom is -0.353 e. The summed E-state index contributed by atoms with van der Waals surface area (Å²) >= 11 is 0. The summed E-state index contributed by atoms with van der Waals surface area (Å²) in [5.74, 6) is 1.79. The summed E-state index contributed by atoms with van der Waals surface area (Å²) in [7, 11) is 0. The van der Waals surface area contributed by atoms with Crippen LogP contribution in [0.1, 0.15) is 25.1 Å². The van der Waals surface area contributed by atoms with Gasteiger partial charge < -0.3 is 15.2 Å². The highest BCUT2D eigenvalue weighted by molar-refractivity contribution is 5.77. The lowest BCUT2D eigenvalue weighted by Gasteiger charge is -2.33. The smallest absolute Gasteiger partial charge is 0.220 e. The fourth-order valence-corrected chi connectivity index (χ4v) is 3.41. The van der Waals surface area contributed by atoms with Crippen LogP contribution in [0.5, 0.6) is 0 Å². The van der Waals surface area contributed by atoms with Crippen molar-refractivity contribution in [3.63, 3.8) is 0 Å². The van der Waals surface area contributed by atoms with E-state index < -0.39 is 0 Å². The number of rotatable bonds is 5. The predicted octanol–water partition coefficient (Wildman–Crippen LogP) is 2.07. The maximum absolute atomic E-state index is 12.3. The standard InChI is InChI=1S/C19H22N6O/c26-19(8-7-17-23-15-5-1-2-6-16(15)24-17)22-14-4-3-11-25(13-14)18-12-20-9-10-21-18/h1-2,5-6,9-10,12,14H,3-4,7-8,11,13H2,(H,22,26)(H,23,24)/t14-/m1/s1. The van der Waals surface area contributed by atoms with Gasteiger partial charge in [0.25, 0.3) is 0 Å². The summed E-state index contributed by atoms with van der Waals surface area (Å²) in [5.41, 5.74) is 1.95. The Morgan fingerprint density at radius 2 is 2.23 bits per heavy atom. The first-order valence-corrected chi connectivity index (χ1v) is 9.02. The molecule has 1 atom stereocenters. The number of nitrogens with one attached hydrogen (secondary N) is 2. The molecular formula is C19H22N6O. The Morgan fingerprint density at radius 3 is 3.08 bits per heavy atom. The summed E-state index contributed by atoms with van der Waals surface area (Å²) in [6.07, 6.45) is 8.21. The zero-order valence-corrected chi connectivity index (χ0v) is 14.6. The average Bonchev–Trinajstić information content (AvgIpc) is 3.10. The lowest BCUT2D eigenvalue weighted by Crippen LogP contribution is -2.48. The lowest BCUT2D eigenvalue weighted by molar-refractivity contribution is -0.121. The number of hydrogen-bond acceptors (Lipinski definition) is 5. The van der Waals surface area contributed by atoms with Gasteiger partial charge >= 0.3 is 0 Å². The van der Waals surface area contributed by atoms with Gasteiger partial charge in [0.15, 0.2) is 0 Å². The van der Waals surface area contributed by atoms with Gasteiger partial charge in [-0.15, -0.1) is 0 Å². The quantitative estimate of drug-likeness (QED) is 0.736. The van der Waals surface area contributed by atoms with E-state index in [0.29, 0.717) is 12.8 Å². The number of imidazole rings is 1. The number of hydrogen-bond donors (Lipinski definition) is 2. The highest BCUT2D eigenvalue weighted by atomic mass is 16.1. The van der Waals surface area contributed by atoms with Crippen LogP contribution in [0.25, 0.3) is 11.0 Å². The van der Waals surface area contributed by atoms with Crippen molar-refractivity contribution < 1.29 is 4.79 Å². The zero-order valence-electron chi connectivity index (χ0n) is 14.6. The molecule has 134 valence electrons. The van der Waals surface area contributed by atoms with Gasteiger partial charge in [0.1, 0.15) is 11.6 Å². The van der Waals surface area contributed by atoms with Crippen LogP contribution >= 0.6 is 0 Å². The molecule has 0 unspecified atom stereocenters. The van der Waals surface area contributed by atoms with E-state index >= 15 is 0 Å².